The van der Waals surface area contributed by atoms with Gasteiger partial charge in [-0.2, -0.15) is 5.26 Å². The molecule has 7 nitrogen and oxygen atoms in total. The van der Waals surface area contributed by atoms with Crippen LogP contribution >= 0.6 is 0 Å². The second kappa shape index (κ2) is 9.79. The summed E-state index contributed by atoms with van der Waals surface area (Å²) in [5.74, 6) is 0.166. The van der Waals surface area contributed by atoms with Crippen LogP contribution in [0.5, 0.6) is 11.5 Å². The van der Waals surface area contributed by atoms with Gasteiger partial charge < -0.3 is 19.1 Å². The Morgan fingerprint density at radius 2 is 1.93 bits per heavy atom. The zero-order chi connectivity index (χ0) is 20.6. The Bertz CT molecular complexity index is 775. The van der Waals surface area contributed by atoms with E-state index in [1.807, 2.05) is 0 Å². The number of benzene rings is 1. The summed E-state index contributed by atoms with van der Waals surface area (Å²) < 4.78 is 15.5. The van der Waals surface area contributed by atoms with E-state index in [1.165, 1.54) is 24.2 Å². The second-order valence-electron chi connectivity index (χ2n) is 6.71. The lowest BCUT2D eigenvalue weighted by molar-refractivity contribution is -0.150. The normalized spacial score (nSPS) is 15.5. The largest absolute Gasteiger partial charge is 0.497 e. The molecule has 1 fully saturated rings. The topological polar surface area (TPSA) is 88.9 Å². The summed E-state index contributed by atoms with van der Waals surface area (Å²) in [6, 6.07) is 7.48. The molecule has 1 saturated carbocycles. The van der Waals surface area contributed by atoms with E-state index in [2.05, 4.69) is 6.07 Å². The molecule has 0 N–H and O–H groups in total. The van der Waals surface area contributed by atoms with Crippen LogP contribution in [0.2, 0.25) is 0 Å². The first-order valence-corrected chi connectivity index (χ1v) is 9.20. The van der Waals surface area contributed by atoms with Crippen LogP contribution in [-0.2, 0) is 14.3 Å². The standard InChI is InChI=1S/C21H26N2O5/c1-23(21(15-22)11-5-4-6-12-21)19(24)14-28-20(25)10-7-16-13-17(26-2)8-9-18(16)27-3/h7-10,13H,4-6,11-12,14H2,1-3H3/b10-7+. The van der Waals surface area contributed by atoms with Gasteiger partial charge >= 0.3 is 5.97 Å². The van der Waals surface area contributed by atoms with Gasteiger partial charge in [0.15, 0.2) is 6.61 Å². The number of nitriles is 1. The van der Waals surface area contributed by atoms with Crippen molar-refractivity contribution in [2.75, 3.05) is 27.9 Å². The third-order valence-corrected chi connectivity index (χ3v) is 5.08. The minimum atomic E-state index is -0.800. The van der Waals surface area contributed by atoms with Gasteiger partial charge in [-0.1, -0.05) is 19.3 Å². The molecule has 1 aromatic carbocycles. The van der Waals surface area contributed by atoms with Crippen molar-refractivity contribution >= 4 is 18.0 Å². The molecular weight excluding hydrogens is 360 g/mol. The van der Waals surface area contributed by atoms with Gasteiger partial charge in [-0.3, -0.25) is 4.79 Å². The van der Waals surface area contributed by atoms with E-state index in [0.29, 0.717) is 29.9 Å². The van der Waals surface area contributed by atoms with E-state index in [1.54, 1.807) is 32.4 Å². The van der Waals surface area contributed by atoms with Crippen molar-refractivity contribution in [3.8, 4) is 17.6 Å². The van der Waals surface area contributed by atoms with Crippen molar-refractivity contribution in [2.45, 2.75) is 37.6 Å². The SMILES string of the molecule is COc1ccc(OC)c(/C=C/C(=O)OCC(=O)N(C)C2(C#N)CCCCC2)c1. The number of esters is 1. The maximum absolute atomic E-state index is 12.4. The van der Waals surface area contributed by atoms with E-state index in [4.69, 9.17) is 14.2 Å². The smallest absolute Gasteiger partial charge is 0.331 e. The van der Waals surface area contributed by atoms with Crippen LogP contribution in [0.25, 0.3) is 6.08 Å². The van der Waals surface area contributed by atoms with Gasteiger partial charge in [0.1, 0.15) is 17.0 Å². The molecule has 0 aromatic heterocycles. The van der Waals surface area contributed by atoms with Crippen molar-refractivity contribution in [3.63, 3.8) is 0 Å². The molecule has 1 aliphatic carbocycles. The highest BCUT2D eigenvalue weighted by Crippen LogP contribution is 2.32. The number of nitrogens with zero attached hydrogens (tertiary/aromatic N) is 2. The molecule has 0 atom stereocenters. The van der Waals surface area contributed by atoms with Crippen LogP contribution in [-0.4, -0.2) is 50.2 Å². The third kappa shape index (κ3) is 5.03. The highest BCUT2D eigenvalue weighted by Gasteiger charge is 2.38. The van der Waals surface area contributed by atoms with E-state index >= 15 is 0 Å². The van der Waals surface area contributed by atoms with Crippen molar-refractivity contribution in [1.29, 1.82) is 5.26 Å². The number of hydrogen-bond acceptors (Lipinski definition) is 6. The van der Waals surface area contributed by atoms with Crippen molar-refractivity contribution in [2.24, 2.45) is 0 Å². The number of likely N-dealkylation sites (N-methyl/N-ethyl adjacent to an activating group) is 1. The van der Waals surface area contributed by atoms with Gasteiger partial charge in [0.25, 0.3) is 5.91 Å². The summed E-state index contributed by atoms with van der Waals surface area (Å²) in [4.78, 5) is 25.8. The Morgan fingerprint density at radius 1 is 1.21 bits per heavy atom. The summed E-state index contributed by atoms with van der Waals surface area (Å²) in [7, 11) is 4.68. The summed E-state index contributed by atoms with van der Waals surface area (Å²) >= 11 is 0. The van der Waals surface area contributed by atoms with Crippen LogP contribution in [0, 0.1) is 11.3 Å². The Kier molecular flexibility index (Phi) is 7.44. The molecule has 0 spiro atoms. The Balaban J connectivity index is 1.96. The molecule has 1 aromatic rings. The van der Waals surface area contributed by atoms with Gasteiger partial charge in [-0.15, -0.1) is 0 Å². The van der Waals surface area contributed by atoms with Crippen LogP contribution < -0.4 is 9.47 Å². The average Bonchev–Trinajstić information content (AvgIpc) is 2.75. The van der Waals surface area contributed by atoms with Crippen molar-refractivity contribution in [1.82, 2.24) is 4.90 Å². The zero-order valence-corrected chi connectivity index (χ0v) is 16.6. The highest BCUT2D eigenvalue weighted by atomic mass is 16.5. The highest BCUT2D eigenvalue weighted by molar-refractivity contribution is 5.90. The lowest BCUT2D eigenvalue weighted by atomic mass is 9.81. The van der Waals surface area contributed by atoms with Gasteiger partial charge in [0.05, 0.1) is 20.3 Å². The molecule has 1 aliphatic rings. The minimum Gasteiger partial charge on any atom is -0.497 e. The fourth-order valence-electron chi connectivity index (χ4n) is 3.30. The summed E-state index contributed by atoms with van der Waals surface area (Å²) in [5.41, 5.74) is -0.154. The van der Waals surface area contributed by atoms with Gasteiger partial charge in [-0.25, -0.2) is 4.79 Å². The van der Waals surface area contributed by atoms with Crippen LogP contribution in [0.1, 0.15) is 37.7 Å². The third-order valence-electron chi connectivity index (χ3n) is 5.08. The van der Waals surface area contributed by atoms with E-state index in [9.17, 15) is 14.9 Å². The van der Waals surface area contributed by atoms with Crippen molar-refractivity contribution < 1.29 is 23.8 Å². The lowest BCUT2D eigenvalue weighted by Crippen LogP contribution is -2.51. The summed E-state index contributed by atoms with van der Waals surface area (Å²) in [6.45, 7) is -0.404. The number of ether oxygens (including phenoxy) is 3. The first-order chi connectivity index (χ1) is 13.5. The monoisotopic (exact) mass is 386 g/mol. The quantitative estimate of drug-likeness (QED) is 0.529. The zero-order valence-electron chi connectivity index (χ0n) is 16.6. The molecule has 0 radical (unpaired) electrons. The van der Waals surface area contributed by atoms with Crippen molar-refractivity contribution in [3.05, 3.63) is 29.8 Å². The average molecular weight is 386 g/mol. The Hall–Kier alpha value is -3.01. The maximum Gasteiger partial charge on any atom is 0.331 e. The molecule has 0 bridgehead atoms. The number of hydrogen-bond donors (Lipinski definition) is 0. The number of carbonyl (C=O) groups is 2. The summed E-state index contributed by atoms with van der Waals surface area (Å²) in [6.07, 6.45) is 6.95. The molecule has 0 aliphatic heterocycles. The predicted octanol–water partition coefficient (Wildman–Crippen LogP) is 2.95. The molecular formula is C21H26N2O5. The van der Waals surface area contributed by atoms with Gasteiger partial charge in [-0.05, 0) is 37.1 Å². The second-order valence-corrected chi connectivity index (χ2v) is 6.71. The van der Waals surface area contributed by atoms with E-state index in [0.717, 1.165) is 19.3 Å². The first kappa shape index (κ1) is 21.3. The molecule has 2 rings (SSSR count). The number of carbonyl (C=O) groups excluding carboxylic acids is 2. The Morgan fingerprint density at radius 3 is 2.54 bits per heavy atom. The molecule has 0 unspecified atom stereocenters. The fourth-order valence-corrected chi connectivity index (χ4v) is 3.30. The number of amides is 1. The summed E-state index contributed by atoms with van der Waals surface area (Å²) in [5, 5.41) is 9.56. The molecule has 0 saturated heterocycles. The molecule has 7 heteroatoms. The molecule has 150 valence electrons. The molecule has 28 heavy (non-hydrogen) atoms. The predicted molar refractivity (Wildman–Crippen MR) is 104 cm³/mol. The van der Waals surface area contributed by atoms with E-state index in [-0.39, 0.29) is 5.91 Å². The van der Waals surface area contributed by atoms with Crippen LogP contribution in [0.3, 0.4) is 0 Å². The minimum absolute atomic E-state index is 0.385. The van der Waals surface area contributed by atoms with Gasteiger partial charge in [0, 0.05) is 18.7 Å². The van der Waals surface area contributed by atoms with Gasteiger partial charge in [0.2, 0.25) is 0 Å². The Labute approximate surface area is 165 Å². The van der Waals surface area contributed by atoms with Crippen LogP contribution in [0.4, 0.5) is 0 Å². The lowest BCUT2D eigenvalue weighted by Gasteiger charge is -2.38. The van der Waals surface area contributed by atoms with E-state index < -0.39 is 18.1 Å². The maximum atomic E-state index is 12.4. The number of methoxy groups -OCH3 is 2. The number of rotatable bonds is 7. The fraction of sp³-hybridized carbons (Fsp3) is 0.476. The first-order valence-electron chi connectivity index (χ1n) is 9.20. The molecule has 1 amide bonds. The van der Waals surface area contributed by atoms with Crippen LogP contribution in [0.15, 0.2) is 24.3 Å². The molecule has 0 heterocycles.